The van der Waals surface area contributed by atoms with Crippen molar-refractivity contribution >= 4 is 23.4 Å². The van der Waals surface area contributed by atoms with Crippen LogP contribution in [0.1, 0.15) is 18.1 Å². The van der Waals surface area contributed by atoms with Crippen LogP contribution in [0.4, 0.5) is 26.5 Å². The topological polar surface area (TPSA) is 90.5 Å². The van der Waals surface area contributed by atoms with E-state index in [1.54, 1.807) is 32.0 Å². The summed E-state index contributed by atoms with van der Waals surface area (Å²) in [5.41, 5.74) is 7.70. The minimum Gasteiger partial charge on any atom is -1.00 e. The molecule has 1 amide bonds. The van der Waals surface area contributed by atoms with Gasteiger partial charge in [-0.3, -0.25) is 5.32 Å². The molecule has 0 fully saturated rings. The molecule has 8 heteroatoms. The number of ether oxygens (including phenoxy) is 1. The molecule has 2 aromatic rings. The minimum atomic E-state index is -0.566. The Morgan fingerprint density at radius 3 is 2.71 bits per heavy atom. The van der Waals surface area contributed by atoms with Gasteiger partial charge in [-0.15, -0.1) is 0 Å². The van der Waals surface area contributed by atoms with Crippen LogP contribution in [0, 0.1) is 12.7 Å². The maximum absolute atomic E-state index is 13.5. The van der Waals surface area contributed by atoms with Crippen molar-refractivity contribution in [2.24, 2.45) is 0 Å². The number of nitrogens with one attached hydrogen (secondary N) is 3. The Morgan fingerprint density at radius 1 is 1.33 bits per heavy atom. The molecule has 0 unspecified atom stereocenters. The molecule has 0 bridgehead atoms. The number of aryl methyl sites for hydroxylation is 1. The van der Waals surface area contributed by atoms with Crippen molar-refractivity contribution in [1.82, 2.24) is 0 Å². The third kappa shape index (κ3) is 5.27. The summed E-state index contributed by atoms with van der Waals surface area (Å²) in [6, 6.07) is 8.45. The molecule has 1 aromatic heterocycles. The average Bonchev–Trinajstić information content (AvgIpc) is 2.51. The van der Waals surface area contributed by atoms with Crippen LogP contribution in [0.2, 0.25) is 0 Å². The molecule has 5 N–H and O–H groups in total. The molecular weight excluding hydrogens is 335 g/mol. The van der Waals surface area contributed by atoms with Crippen LogP contribution in [0.3, 0.4) is 0 Å². The molecule has 0 aliphatic heterocycles. The van der Waals surface area contributed by atoms with Crippen molar-refractivity contribution in [2.75, 3.05) is 23.0 Å². The average molecular weight is 355 g/mol. The number of carbonyl (C=O) groups excluding carboxylic acids is 1. The molecule has 0 spiro atoms. The van der Waals surface area contributed by atoms with Crippen molar-refractivity contribution in [3.63, 3.8) is 0 Å². The number of halogens is 2. The lowest BCUT2D eigenvalue weighted by Gasteiger charge is -2.07. The van der Waals surface area contributed by atoms with Crippen LogP contribution in [0.15, 0.2) is 30.3 Å². The number of amides is 1. The van der Waals surface area contributed by atoms with Crippen LogP contribution in [0.5, 0.6) is 0 Å². The van der Waals surface area contributed by atoms with Crippen molar-refractivity contribution in [1.29, 1.82) is 0 Å². The zero-order chi connectivity index (χ0) is 16.8. The van der Waals surface area contributed by atoms with Gasteiger partial charge in [0.05, 0.1) is 13.2 Å². The molecule has 1 aromatic carbocycles. The summed E-state index contributed by atoms with van der Waals surface area (Å²) in [4.78, 5) is 14.3. The van der Waals surface area contributed by atoms with Gasteiger partial charge in [-0.1, -0.05) is 12.1 Å². The quantitative estimate of drug-likeness (QED) is 0.688. The lowest BCUT2D eigenvalue weighted by molar-refractivity contribution is -0.342. The molecule has 0 radical (unpaired) electrons. The predicted octanol–water partition coefficient (Wildman–Crippen LogP) is -0.285. The number of rotatable bonds is 5. The highest BCUT2D eigenvalue weighted by atomic mass is 35.5. The lowest BCUT2D eigenvalue weighted by Crippen LogP contribution is -3.00. The molecule has 0 aliphatic rings. The number of aromatic nitrogens is 1. The number of nitrogen functional groups attached to an aromatic ring is 1. The van der Waals surface area contributed by atoms with Gasteiger partial charge < -0.3 is 28.2 Å². The highest BCUT2D eigenvalue weighted by Crippen LogP contribution is 2.16. The van der Waals surface area contributed by atoms with E-state index in [0.717, 1.165) is 5.56 Å². The fraction of sp³-hybridized carbons (Fsp3) is 0.250. The summed E-state index contributed by atoms with van der Waals surface area (Å²) >= 11 is 0. The van der Waals surface area contributed by atoms with E-state index in [4.69, 9.17) is 10.5 Å². The molecule has 24 heavy (non-hydrogen) atoms. The highest BCUT2D eigenvalue weighted by molar-refractivity contribution is 5.87. The van der Waals surface area contributed by atoms with E-state index in [0.29, 0.717) is 23.6 Å². The number of nitrogens with two attached hydrogens (primary N) is 1. The first-order valence-electron chi connectivity index (χ1n) is 7.24. The number of anilines is 3. The van der Waals surface area contributed by atoms with Gasteiger partial charge in [0, 0.05) is 6.07 Å². The molecule has 130 valence electrons. The van der Waals surface area contributed by atoms with E-state index in [1.807, 2.05) is 6.07 Å². The summed E-state index contributed by atoms with van der Waals surface area (Å²) < 4.78 is 18.3. The number of H-pyrrole nitrogens is 1. The Morgan fingerprint density at radius 2 is 2.08 bits per heavy atom. The molecule has 6 nitrogen and oxygen atoms in total. The monoisotopic (exact) mass is 354 g/mol. The van der Waals surface area contributed by atoms with Crippen LogP contribution in [-0.4, -0.2) is 12.7 Å². The summed E-state index contributed by atoms with van der Waals surface area (Å²) in [5.74, 6) is 0.706. The second kappa shape index (κ2) is 8.93. The van der Waals surface area contributed by atoms with Crippen LogP contribution < -0.4 is 33.8 Å². The Kier molecular flexibility index (Phi) is 7.26. The van der Waals surface area contributed by atoms with Gasteiger partial charge in [-0.05, 0) is 37.1 Å². The first-order chi connectivity index (χ1) is 11.0. The third-order valence-electron chi connectivity index (χ3n) is 3.21. The summed E-state index contributed by atoms with van der Waals surface area (Å²) in [6.45, 7) is 4.16. The van der Waals surface area contributed by atoms with Gasteiger partial charge in [-0.25, -0.2) is 14.2 Å². The van der Waals surface area contributed by atoms with Gasteiger partial charge in [-0.2, -0.15) is 0 Å². The Balaban J connectivity index is 0.00000288. The second-order valence-corrected chi connectivity index (χ2v) is 4.98. The molecular formula is C16H20ClFN4O2. The van der Waals surface area contributed by atoms with E-state index >= 15 is 0 Å². The highest BCUT2D eigenvalue weighted by Gasteiger charge is 2.10. The molecule has 0 saturated heterocycles. The van der Waals surface area contributed by atoms with Gasteiger partial charge >= 0.3 is 6.09 Å². The number of pyridine rings is 1. The fourth-order valence-electron chi connectivity index (χ4n) is 1.94. The molecule has 1 heterocycles. The molecule has 2 rings (SSSR count). The normalized spacial score (nSPS) is 9.79. The number of aromatic amines is 1. The largest absolute Gasteiger partial charge is 1.00 e. The van der Waals surface area contributed by atoms with Crippen LogP contribution in [-0.2, 0) is 11.3 Å². The lowest BCUT2D eigenvalue weighted by atomic mass is 10.1. The van der Waals surface area contributed by atoms with E-state index in [1.165, 1.54) is 6.07 Å². The van der Waals surface area contributed by atoms with Gasteiger partial charge in [0.25, 0.3) is 0 Å². The summed E-state index contributed by atoms with van der Waals surface area (Å²) in [5, 5.41) is 5.64. The van der Waals surface area contributed by atoms with Gasteiger partial charge in [0.15, 0.2) is 0 Å². The Hall–Kier alpha value is -2.54. The zero-order valence-electron chi connectivity index (χ0n) is 13.5. The number of carbonyl (C=O) groups is 1. The van der Waals surface area contributed by atoms with Crippen molar-refractivity contribution in [3.8, 4) is 0 Å². The number of benzene rings is 1. The zero-order valence-corrected chi connectivity index (χ0v) is 14.2. The van der Waals surface area contributed by atoms with Gasteiger partial charge in [0.2, 0.25) is 11.6 Å². The maximum atomic E-state index is 13.5. The van der Waals surface area contributed by atoms with E-state index in [-0.39, 0.29) is 30.6 Å². The molecule has 0 atom stereocenters. The van der Waals surface area contributed by atoms with Crippen molar-refractivity contribution in [2.45, 2.75) is 20.4 Å². The van der Waals surface area contributed by atoms with E-state index in [9.17, 15) is 9.18 Å². The molecule has 0 saturated carbocycles. The van der Waals surface area contributed by atoms with Crippen LogP contribution in [0.25, 0.3) is 0 Å². The SMILES string of the molecule is CCOC(=O)Nc1ccc(NCc2ccc(C)c(F)c2)[nH+]c1N.[Cl-]. The first kappa shape index (κ1) is 19.5. The van der Waals surface area contributed by atoms with Crippen molar-refractivity contribution in [3.05, 3.63) is 47.3 Å². The minimum absolute atomic E-state index is 0. The van der Waals surface area contributed by atoms with Crippen molar-refractivity contribution < 1.29 is 31.3 Å². The number of hydrogen-bond donors (Lipinski definition) is 3. The van der Waals surface area contributed by atoms with E-state index in [2.05, 4.69) is 15.6 Å². The van der Waals surface area contributed by atoms with Gasteiger partial charge in [0.1, 0.15) is 11.5 Å². The summed E-state index contributed by atoms with van der Waals surface area (Å²) in [7, 11) is 0. The first-order valence-corrected chi connectivity index (χ1v) is 7.24. The smallest absolute Gasteiger partial charge is 0.411 e. The molecule has 0 aliphatic carbocycles. The maximum Gasteiger partial charge on any atom is 0.411 e. The third-order valence-corrected chi connectivity index (χ3v) is 3.21. The van der Waals surface area contributed by atoms with E-state index < -0.39 is 6.09 Å². The summed E-state index contributed by atoms with van der Waals surface area (Å²) in [6.07, 6.45) is -0.566. The Bertz CT molecular complexity index is 712. The second-order valence-electron chi connectivity index (χ2n) is 4.98. The standard InChI is InChI=1S/C16H19FN4O2.ClH/c1-3-23-16(22)20-13-6-7-14(21-15(13)18)19-9-11-5-4-10(2)12(17)8-11;/h4-8H,3,9H2,1-2H3,(H,20,22)(H3,18,19,21);1H. The number of hydrogen-bond acceptors (Lipinski definition) is 4. The van der Waals surface area contributed by atoms with Crippen LogP contribution >= 0.6 is 0 Å². The Labute approximate surface area is 146 Å². The fourth-order valence-corrected chi connectivity index (χ4v) is 1.94. The predicted molar refractivity (Wildman–Crippen MR) is 86.5 cm³/mol.